The highest BCUT2D eigenvalue weighted by Crippen LogP contribution is 2.48. The number of ketones is 1. The Morgan fingerprint density at radius 1 is 0.771 bits per heavy atom. The summed E-state index contributed by atoms with van der Waals surface area (Å²) in [5.74, 6) is -1.36. The van der Waals surface area contributed by atoms with Crippen LogP contribution in [0.4, 0.5) is 0 Å². The summed E-state index contributed by atoms with van der Waals surface area (Å²) >= 11 is 0. The highest BCUT2D eigenvalue weighted by molar-refractivity contribution is 6.09. The lowest BCUT2D eigenvalue weighted by Gasteiger charge is -2.48. The van der Waals surface area contributed by atoms with E-state index in [9.17, 15) is 24.0 Å². The van der Waals surface area contributed by atoms with Gasteiger partial charge in [-0.05, 0) is 97.4 Å². The molecular formula is C39H53NO8. The standard InChI is InChI=1S/C39H53NO8/c1-9-11-24-47-34(44)37(5,10-2)26-38(6,27-39(7,40-23-15-18-31(40)41)25-36(3,4)33(43)46-8)35(45)48-30-21-19-29(20-22-30)32(42)28-16-13-12-14-17-28/h12-14,16-17,19-22H,9-11,15,18,23-27H2,1-8H3. The van der Waals surface area contributed by atoms with E-state index in [4.69, 9.17) is 14.2 Å². The molecule has 48 heavy (non-hydrogen) atoms. The third kappa shape index (κ3) is 9.11. The van der Waals surface area contributed by atoms with Gasteiger partial charge < -0.3 is 19.1 Å². The maximum atomic E-state index is 14.4. The van der Waals surface area contributed by atoms with Gasteiger partial charge in [0.2, 0.25) is 5.91 Å². The first kappa shape index (κ1) is 38.4. The number of unbranched alkanes of at least 4 members (excludes halogenated alkanes) is 1. The largest absolute Gasteiger partial charge is 0.469 e. The van der Waals surface area contributed by atoms with Crippen LogP contribution in [-0.4, -0.2) is 60.3 Å². The molecule has 3 unspecified atom stereocenters. The molecule has 0 spiro atoms. The summed E-state index contributed by atoms with van der Waals surface area (Å²) in [5, 5.41) is 0. The number of methoxy groups -OCH3 is 1. The molecule has 262 valence electrons. The summed E-state index contributed by atoms with van der Waals surface area (Å²) in [6.07, 6.45) is 3.47. The predicted molar refractivity (Wildman–Crippen MR) is 183 cm³/mol. The van der Waals surface area contributed by atoms with E-state index in [-0.39, 0.29) is 43.3 Å². The zero-order valence-corrected chi connectivity index (χ0v) is 30.0. The van der Waals surface area contributed by atoms with Crippen LogP contribution in [0.15, 0.2) is 54.6 Å². The summed E-state index contributed by atoms with van der Waals surface area (Å²) in [7, 11) is 1.33. The average molecular weight is 664 g/mol. The minimum atomic E-state index is -1.31. The fourth-order valence-electron chi connectivity index (χ4n) is 7.17. The zero-order chi connectivity index (χ0) is 35.8. The predicted octanol–water partition coefficient (Wildman–Crippen LogP) is 7.34. The average Bonchev–Trinajstić information content (AvgIpc) is 3.51. The number of esters is 3. The number of benzene rings is 2. The Morgan fingerprint density at radius 2 is 1.40 bits per heavy atom. The van der Waals surface area contributed by atoms with Crippen LogP contribution in [0.3, 0.4) is 0 Å². The Hall–Kier alpha value is -4.01. The number of hydrogen-bond donors (Lipinski definition) is 0. The Bertz CT molecular complexity index is 1450. The molecule has 3 rings (SSSR count). The molecular weight excluding hydrogens is 610 g/mol. The van der Waals surface area contributed by atoms with E-state index < -0.39 is 39.7 Å². The quantitative estimate of drug-likeness (QED) is 0.0747. The maximum Gasteiger partial charge on any atom is 0.317 e. The summed E-state index contributed by atoms with van der Waals surface area (Å²) in [6.45, 7) is 13.7. The van der Waals surface area contributed by atoms with Gasteiger partial charge >= 0.3 is 17.9 Å². The van der Waals surface area contributed by atoms with E-state index in [0.29, 0.717) is 36.9 Å². The Morgan fingerprint density at radius 3 is 1.94 bits per heavy atom. The van der Waals surface area contributed by atoms with Crippen molar-refractivity contribution in [2.75, 3.05) is 20.3 Å². The lowest BCUT2D eigenvalue weighted by molar-refractivity contribution is -0.164. The van der Waals surface area contributed by atoms with Crippen molar-refractivity contribution in [3.63, 3.8) is 0 Å². The Labute approximate surface area is 285 Å². The number of ether oxygens (including phenoxy) is 3. The molecule has 1 aliphatic rings. The number of carbonyl (C=O) groups excluding carboxylic acids is 5. The lowest BCUT2D eigenvalue weighted by atomic mass is 9.64. The van der Waals surface area contributed by atoms with Crippen LogP contribution in [0.25, 0.3) is 0 Å². The topological polar surface area (TPSA) is 116 Å². The van der Waals surface area contributed by atoms with Gasteiger partial charge in [-0.2, -0.15) is 0 Å². The minimum absolute atomic E-state index is 0.0511. The molecule has 1 amide bonds. The van der Waals surface area contributed by atoms with Gasteiger partial charge in [0, 0.05) is 29.6 Å². The van der Waals surface area contributed by atoms with Crippen molar-refractivity contribution in [2.45, 2.75) is 105 Å². The van der Waals surface area contributed by atoms with Gasteiger partial charge in [0.1, 0.15) is 5.75 Å². The molecule has 2 aromatic rings. The van der Waals surface area contributed by atoms with Crippen molar-refractivity contribution in [3.05, 3.63) is 65.7 Å². The van der Waals surface area contributed by atoms with E-state index in [1.807, 2.05) is 26.8 Å². The molecule has 1 fully saturated rings. The molecule has 1 saturated heterocycles. The van der Waals surface area contributed by atoms with Gasteiger partial charge in [0.15, 0.2) is 5.78 Å². The third-order valence-corrected chi connectivity index (χ3v) is 9.70. The van der Waals surface area contributed by atoms with Gasteiger partial charge in [0.25, 0.3) is 0 Å². The number of rotatable bonds is 17. The summed E-state index contributed by atoms with van der Waals surface area (Å²) < 4.78 is 16.8. The fraction of sp³-hybridized carbons (Fsp3) is 0.564. The second-order valence-corrected chi connectivity index (χ2v) is 14.6. The molecule has 9 heteroatoms. The van der Waals surface area contributed by atoms with Crippen LogP contribution in [0.5, 0.6) is 5.75 Å². The molecule has 3 atom stereocenters. The van der Waals surface area contributed by atoms with E-state index in [0.717, 1.165) is 12.8 Å². The van der Waals surface area contributed by atoms with Crippen LogP contribution < -0.4 is 4.74 Å². The third-order valence-electron chi connectivity index (χ3n) is 9.70. The van der Waals surface area contributed by atoms with Crippen LogP contribution in [0.1, 0.15) is 116 Å². The highest BCUT2D eigenvalue weighted by atomic mass is 16.5. The number of amides is 1. The fourth-order valence-corrected chi connectivity index (χ4v) is 7.17. The number of likely N-dealkylation sites (tertiary alicyclic amines) is 1. The number of carbonyl (C=O) groups is 5. The molecule has 1 aliphatic heterocycles. The van der Waals surface area contributed by atoms with Crippen molar-refractivity contribution < 1.29 is 38.2 Å². The first-order valence-electron chi connectivity index (χ1n) is 17.0. The van der Waals surface area contributed by atoms with Crippen molar-refractivity contribution >= 4 is 29.6 Å². The molecule has 1 heterocycles. The molecule has 0 aromatic heterocycles. The number of hydrogen-bond acceptors (Lipinski definition) is 8. The molecule has 9 nitrogen and oxygen atoms in total. The van der Waals surface area contributed by atoms with Gasteiger partial charge in [-0.25, -0.2) is 0 Å². The normalized spacial score (nSPS) is 17.1. The summed E-state index contributed by atoms with van der Waals surface area (Å²) in [4.78, 5) is 68.9. The molecule has 0 radical (unpaired) electrons. The van der Waals surface area contributed by atoms with Crippen LogP contribution >= 0.6 is 0 Å². The smallest absolute Gasteiger partial charge is 0.317 e. The maximum absolute atomic E-state index is 14.4. The molecule has 0 bridgehead atoms. The molecule has 0 saturated carbocycles. The molecule has 2 aromatic carbocycles. The SMILES string of the molecule is CCCCOC(=O)C(C)(CC)CC(C)(CC(C)(CC(C)(C)C(=O)OC)N1CCCC1=O)C(=O)Oc1ccc(C(=O)c2ccccc2)cc1. The van der Waals surface area contributed by atoms with E-state index in [2.05, 4.69) is 0 Å². The number of nitrogens with zero attached hydrogens (tertiary/aromatic N) is 1. The lowest BCUT2D eigenvalue weighted by Crippen LogP contribution is -2.55. The van der Waals surface area contributed by atoms with Gasteiger partial charge in [-0.15, -0.1) is 0 Å². The first-order valence-corrected chi connectivity index (χ1v) is 17.0. The molecule has 0 N–H and O–H groups in total. The van der Waals surface area contributed by atoms with Crippen molar-refractivity contribution in [3.8, 4) is 5.75 Å². The highest BCUT2D eigenvalue weighted by Gasteiger charge is 2.53. The van der Waals surface area contributed by atoms with Crippen LogP contribution in [0.2, 0.25) is 0 Å². The van der Waals surface area contributed by atoms with Crippen molar-refractivity contribution in [2.24, 2.45) is 16.2 Å². The Balaban J connectivity index is 2.03. The van der Waals surface area contributed by atoms with Gasteiger partial charge in [-0.3, -0.25) is 24.0 Å². The van der Waals surface area contributed by atoms with E-state index >= 15 is 0 Å². The second kappa shape index (κ2) is 15.9. The zero-order valence-electron chi connectivity index (χ0n) is 30.0. The van der Waals surface area contributed by atoms with Gasteiger partial charge in [-0.1, -0.05) is 50.6 Å². The Kier molecular flexibility index (Phi) is 12.8. The second-order valence-electron chi connectivity index (χ2n) is 14.6. The first-order chi connectivity index (χ1) is 22.5. The summed E-state index contributed by atoms with van der Waals surface area (Å²) in [6, 6.07) is 15.3. The van der Waals surface area contributed by atoms with Gasteiger partial charge in [0.05, 0.1) is 30.0 Å². The van der Waals surface area contributed by atoms with E-state index in [1.165, 1.54) is 7.11 Å². The van der Waals surface area contributed by atoms with E-state index in [1.54, 1.807) is 81.1 Å². The molecule has 0 aliphatic carbocycles. The summed E-state index contributed by atoms with van der Waals surface area (Å²) in [5.41, 5.74) is -3.30. The minimum Gasteiger partial charge on any atom is -0.469 e. The van der Waals surface area contributed by atoms with Crippen molar-refractivity contribution in [1.82, 2.24) is 4.90 Å². The van der Waals surface area contributed by atoms with Crippen LogP contribution in [-0.2, 0) is 28.7 Å². The monoisotopic (exact) mass is 663 g/mol. The van der Waals surface area contributed by atoms with Crippen molar-refractivity contribution in [1.29, 1.82) is 0 Å². The van der Waals surface area contributed by atoms with Crippen LogP contribution in [0, 0.1) is 16.2 Å².